The molecule has 2 aromatic carbocycles. The highest BCUT2D eigenvalue weighted by atomic mass is 35.5. The smallest absolute Gasteiger partial charge is 0.253 e. The number of rotatable bonds is 10. The fourth-order valence-electron chi connectivity index (χ4n) is 5.63. The minimum Gasteiger partial charge on any atom is -0.489 e. The van der Waals surface area contributed by atoms with E-state index in [9.17, 15) is 14.7 Å². The van der Waals surface area contributed by atoms with Crippen molar-refractivity contribution in [3.63, 3.8) is 0 Å². The molecule has 6 aromatic rings. The molecule has 258 valence electrons. The minimum absolute atomic E-state index is 0.0705. The number of aliphatic hydroxyl groups excluding tert-OH is 1. The SMILES string of the molecule is Cc1ccnc(Oc2ccc(C(O)c3c[nH]c4ncc5c(c34)NC(C)(COc3cnc(Oc4ccc(C=O)c(Cl)c4)cc3C)C(=O)N5)c(Cl)c2)c1. The van der Waals surface area contributed by atoms with Crippen LogP contribution in [-0.4, -0.2) is 49.4 Å². The lowest BCUT2D eigenvalue weighted by Crippen LogP contribution is -2.54. The van der Waals surface area contributed by atoms with Crippen molar-refractivity contribution >= 4 is 57.8 Å². The van der Waals surface area contributed by atoms with Crippen LogP contribution < -0.4 is 24.8 Å². The highest BCUT2D eigenvalue weighted by Gasteiger charge is 2.40. The van der Waals surface area contributed by atoms with Gasteiger partial charge in [0.2, 0.25) is 11.8 Å². The predicted molar refractivity (Wildman–Crippen MR) is 193 cm³/mol. The normalized spacial score (nSPS) is 15.8. The molecule has 4 aromatic heterocycles. The lowest BCUT2D eigenvalue weighted by molar-refractivity contribution is -0.121. The molecule has 1 amide bonds. The summed E-state index contributed by atoms with van der Waals surface area (Å²) >= 11 is 12.8. The molecule has 0 fully saturated rings. The van der Waals surface area contributed by atoms with Gasteiger partial charge in [-0.1, -0.05) is 29.3 Å². The molecule has 0 aliphatic carbocycles. The molecule has 7 rings (SSSR count). The van der Waals surface area contributed by atoms with Gasteiger partial charge in [-0.15, -0.1) is 0 Å². The summed E-state index contributed by atoms with van der Waals surface area (Å²) in [6.45, 7) is 5.41. The Morgan fingerprint density at radius 1 is 0.922 bits per heavy atom. The van der Waals surface area contributed by atoms with Gasteiger partial charge in [-0.25, -0.2) is 15.0 Å². The van der Waals surface area contributed by atoms with Gasteiger partial charge in [-0.3, -0.25) is 9.59 Å². The Labute approximate surface area is 301 Å². The van der Waals surface area contributed by atoms with Gasteiger partial charge >= 0.3 is 0 Å². The van der Waals surface area contributed by atoms with E-state index in [4.69, 9.17) is 37.4 Å². The molecule has 1 aliphatic heterocycles. The monoisotopic (exact) mass is 724 g/mol. The van der Waals surface area contributed by atoms with E-state index in [-0.39, 0.29) is 17.5 Å². The van der Waals surface area contributed by atoms with Crippen LogP contribution >= 0.6 is 23.2 Å². The number of H-pyrrole nitrogens is 1. The zero-order valence-corrected chi connectivity index (χ0v) is 29.0. The topological polar surface area (TPSA) is 161 Å². The van der Waals surface area contributed by atoms with Crippen molar-refractivity contribution in [1.82, 2.24) is 19.9 Å². The number of aromatic nitrogens is 4. The Kier molecular flexibility index (Phi) is 8.98. The molecule has 2 unspecified atom stereocenters. The van der Waals surface area contributed by atoms with Gasteiger partial charge in [0.25, 0.3) is 5.91 Å². The quantitative estimate of drug-likeness (QED) is 0.102. The van der Waals surface area contributed by atoms with E-state index >= 15 is 0 Å². The fraction of sp³-hybridized carbons (Fsp3) is 0.162. The van der Waals surface area contributed by atoms with Crippen molar-refractivity contribution in [2.45, 2.75) is 32.4 Å². The maximum atomic E-state index is 13.4. The number of nitrogens with one attached hydrogen (secondary N) is 3. The number of aldehydes is 1. The predicted octanol–water partition coefficient (Wildman–Crippen LogP) is 7.96. The Balaban J connectivity index is 1.10. The van der Waals surface area contributed by atoms with E-state index in [0.29, 0.717) is 85.0 Å². The van der Waals surface area contributed by atoms with Crippen molar-refractivity contribution in [1.29, 1.82) is 0 Å². The van der Waals surface area contributed by atoms with E-state index in [1.165, 1.54) is 12.3 Å². The number of fused-ring (bicyclic) bond motifs is 3. The number of carbonyl (C=O) groups is 2. The van der Waals surface area contributed by atoms with E-state index in [2.05, 4.69) is 30.6 Å². The second kappa shape index (κ2) is 13.6. The highest BCUT2D eigenvalue weighted by molar-refractivity contribution is 6.33. The summed E-state index contributed by atoms with van der Waals surface area (Å²) in [6, 6.07) is 15.1. The van der Waals surface area contributed by atoms with Gasteiger partial charge in [0.1, 0.15) is 41.1 Å². The molecule has 51 heavy (non-hydrogen) atoms. The number of carbonyl (C=O) groups excluding carboxylic acids is 2. The molecule has 0 spiro atoms. The number of hydrogen-bond donors (Lipinski definition) is 4. The fourth-order valence-corrected chi connectivity index (χ4v) is 6.12. The number of aromatic amines is 1. The molecule has 0 saturated heterocycles. The van der Waals surface area contributed by atoms with E-state index < -0.39 is 11.6 Å². The standard InChI is InChI=1S/C37H30Cl2N6O6/c1-19-8-9-40-30(10-19)50-23-6-7-24(27(39)13-23)34(47)25-14-42-35-32(25)33-28(15-43-35)44-36(48)37(3,45-33)18-49-29-16-41-31(11-20(29)2)51-22-5-4-21(17-46)26(38)12-22/h4-17,34,45,47H,18H2,1-3H3,(H,42,43)(H,44,48). The molecular formula is C37H30Cl2N6O6. The summed E-state index contributed by atoms with van der Waals surface area (Å²) in [5.41, 5.74) is 3.26. The average Bonchev–Trinajstić information content (AvgIpc) is 3.53. The van der Waals surface area contributed by atoms with Gasteiger partial charge in [-0.05, 0) is 62.2 Å². The largest absolute Gasteiger partial charge is 0.489 e. The maximum Gasteiger partial charge on any atom is 0.253 e. The summed E-state index contributed by atoms with van der Waals surface area (Å²) in [4.78, 5) is 40.6. The first-order valence-electron chi connectivity index (χ1n) is 15.7. The molecule has 0 saturated carbocycles. The Morgan fingerprint density at radius 3 is 2.37 bits per heavy atom. The molecule has 5 heterocycles. The minimum atomic E-state index is -1.24. The Morgan fingerprint density at radius 2 is 1.67 bits per heavy atom. The van der Waals surface area contributed by atoms with Crippen molar-refractivity contribution in [2.24, 2.45) is 0 Å². The summed E-state index contributed by atoms with van der Waals surface area (Å²) in [5.74, 6) is 1.71. The zero-order valence-electron chi connectivity index (χ0n) is 27.5. The third kappa shape index (κ3) is 6.76. The van der Waals surface area contributed by atoms with E-state index in [1.807, 2.05) is 26.0 Å². The summed E-state index contributed by atoms with van der Waals surface area (Å²) < 4.78 is 17.8. The van der Waals surface area contributed by atoms with Crippen LogP contribution in [0.1, 0.15) is 45.6 Å². The number of benzene rings is 2. The number of nitrogens with zero attached hydrogens (tertiary/aromatic N) is 3. The summed E-state index contributed by atoms with van der Waals surface area (Å²) in [5, 5.41) is 19.0. The number of anilines is 2. The molecule has 0 bridgehead atoms. The molecular weight excluding hydrogens is 695 g/mol. The van der Waals surface area contributed by atoms with Gasteiger partial charge < -0.3 is 34.9 Å². The first-order chi connectivity index (χ1) is 24.5. The second-order valence-electron chi connectivity index (χ2n) is 12.3. The van der Waals surface area contributed by atoms with Crippen LogP contribution in [0, 0.1) is 13.8 Å². The number of ether oxygens (including phenoxy) is 3. The van der Waals surface area contributed by atoms with E-state index in [1.54, 1.807) is 61.9 Å². The zero-order chi connectivity index (χ0) is 35.9. The Bertz CT molecular complexity index is 2330. The number of pyridine rings is 3. The molecule has 4 N–H and O–H groups in total. The van der Waals surface area contributed by atoms with Crippen LogP contribution in [0.25, 0.3) is 11.0 Å². The number of aliphatic hydroxyl groups is 1. The van der Waals surface area contributed by atoms with Gasteiger partial charge in [0, 0.05) is 47.3 Å². The lowest BCUT2D eigenvalue weighted by atomic mass is 9.95. The van der Waals surface area contributed by atoms with Crippen LogP contribution in [0.2, 0.25) is 10.0 Å². The second-order valence-corrected chi connectivity index (χ2v) is 13.1. The number of aryl methyl sites for hydroxylation is 2. The molecule has 14 heteroatoms. The number of hydrogen-bond acceptors (Lipinski definition) is 10. The summed E-state index contributed by atoms with van der Waals surface area (Å²) in [6.07, 6.45) is 5.88. The van der Waals surface area contributed by atoms with Crippen LogP contribution in [-0.2, 0) is 4.79 Å². The first kappa shape index (κ1) is 33.8. The molecule has 12 nitrogen and oxygen atoms in total. The van der Waals surface area contributed by atoms with Gasteiger partial charge in [-0.2, -0.15) is 0 Å². The third-order valence-corrected chi connectivity index (χ3v) is 9.09. The van der Waals surface area contributed by atoms with Crippen molar-refractivity contribution in [2.75, 3.05) is 17.2 Å². The number of halogens is 2. The van der Waals surface area contributed by atoms with Gasteiger partial charge in [0.05, 0.1) is 39.2 Å². The molecule has 1 aliphatic rings. The Hall–Kier alpha value is -5.69. The average molecular weight is 726 g/mol. The van der Waals surface area contributed by atoms with E-state index in [0.717, 1.165) is 5.56 Å². The van der Waals surface area contributed by atoms with Crippen LogP contribution in [0.3, 0.4) is 0 Å². The van der Waals surface area contributed by atoms with Crippen molar-refractivity contribution in [3.8, 4) is 29.0 Å². The molecule has 2 atom stereocenters. The van der Waals surface area contributed by atoms with Crippen LogP contribution in [0.4, 0.5) is 11.4 Å². The van der Waals surface area contributed by atoms with Gasteiger partial charge in [0.15, 0.2) is 6.29 Å². The van der Waals surface area contributed by atoms with Crippen LogP contribution in [0.15, 0.2) is 79.4 Å². The third-order valence-electron chi connectivity index (χ3n) is 8.43. The lowest BCUT2D eigenvalue weighted by Gasteiger charge is -2.36. The van der Waals surface area contributed by atoms with Crippen molar-refractivity contribution in [3.05, 3.63) is 117 Å². The first-order valence-corrected chi connectivity index (χ1v) is 16.5. The highest BCUT2D eigenvalue weighted by Crippen LogP contribution is 2.42. The van der Waals surface area contributed by atoms with Crippen molar-refractivity contribution < 1.29 is 28.9 Å². The maximum absolute atomic E-state index is 13.4. The molecule has 0 radical (unpaired) electrons. The summed E-state index contributed by atoms with van der Waals surface area (Å²) in [7, 11) is 0. The van der Waals surface area contributed by atoms with Crippen LogP contribution in [0.5, 0.6) is 29.0 Å². The number of amides is 1.